The second kappa shape index (κ2) is 8.37. The van der Waals surface area contributed by atoms with E-state index in [0.717, 1.165) is 6.42 Å². The Morgan fingerprint density at radius 3 is 2.59 bits per heavy atom. The molecule has 5 N–H and O–H groups in total. The Kier molecular flexibility index (Phi) is 7.49. The van der Waals surface area contributed by atoms with E-state index in [0.29, 0.717) is 6.42 Å². The number of amidine groups is 1. The highest BCUT2D eigenvalue weighted by molar-refractivity contribution is 6.02. The van der Waals surface area contributed by atoms with Crippen LogP contribution in [0.15, 0.2) is 5.16 Å². The van der Waals surface area contributed by atoms with E-state index in [4.69, 9.17) is 10.9 Å². The third kappa shape index (κ3) is 5.74. The number of carbonyl (C=O) groups is 2. The first kappa shape index (κ1) is 15.2. The highest BCUT2D eigenvalue weighted by atomic mass is 16.4. The second-order valence-electron chi connectivity index (χ2n) is 3.58. The number of amides is 2. The third-order valence-corrected chi connectivity index (χ3v) is 2.30. The monoisotopic (exact) mass is 244 g/mol. The van der Waals surface area contributed by atoms with Gasteiger partial charge in [0.1, 0.15) is 0 Å². The first-order valence-electron chi connectivity index (χ1n) is 5.52. The molecule has 17 heavy (non-hydrogen) atoms. The van der Waals surface area contributed by atoms with Crippen LogP contribution in [0.2, 0.25) is 0 Å². The van der Waals surface area contributed by atoms with Gasteiger partial charge in [-0.05, 0) is 6.42 Å². The van der Waals surface area contributed by atoms with Crippen LogP contribution in [0.4, 0.5) is 0 Å². The normalized spacial score (nSPS) is 12.9. The number of rotatable bonds is 7. The molecule has 0 spiro atoms. The topological polar surface area (TPSA) is 117 Å². The molecule has 0 bridgehead atoms. The number of nitrogens with two attached hydrogens (primary N) is 1. The first-order valence-corrected chi connectivity index (χ1v) is 5.52. The summed E-state index contributed by atoms with van der Waals surface area (Å²) in [4.78, 5) is 22.6. The van der Waals surface area contributed by atoms with Gasteiger partial charge >= 0.3 is 0 Å². The molecule has 2 amide bonds. The minimum Gasteiger partial charge on any atom is -0.409 e. The predicted octanol–water partition coefficient (Wildman–Crippen LogP) is -0.599. The molecular formula is C10H20N4O3. The molecule has 7 heteroatoms. The largest absolute Gasteiger partial charge is 0.409 e. The lowest BCUT2D eigenvalue weighted by Crippen LogP contribution is -2.40. The van der Waals surface area contributed by atoms with Crippen molar-refractivity contribution in [3.63, 3.8) is 0 Å². The van der Waals surface area contributed by atoms with Crippen LogP contribution < -0.4 is 16.4 Å². The number of hydrogen-bond donors (Lipinski definition) is 4. The van der Waals surface area contributed by atoms with Crippen molar-refractivity contribution in [3.05, 3.63) is 0 Å². The SMILES string of the molecule is CCCC(C(=O)NCCC(=O)NC)C(N)=NO. The maximum atomic E-state index is 11.7. The number of oxime groups is 1. The summed E-state index contributed by atoms with van der Waals surface area (Å²) in [6.45, 7) is 2.13. The fraction of sp³-hybridized carbons (Fsp3) is 0.700. The van der Waals surface area contributed by atoms with E-state index in [2.05, 4.69) is 15.8 Å². The minimum absolute atomic E-state index is 0.107. The van der Waals surface area contributed by atoms with Crippen molar-refractivity contribution in [2.45, 2.75) is 26.2 Å². The summed E-state index contributed by atoms with van der Waals surface area (Å²) in [5, 5.41) is 16.4. The van der Waals surface area contributed by atoms with Gasteiger partial charge in [0.25, 0.3) is 0 Å². The number of nitrogens with one attached hydrogen (secondary N) is 2. The van der Waals surface area contributed by atoms with Crippen LogP contribution in [0.25, 0.3) is 0 Å². The minimum atomic E-state index is -0.644. The van der Waals surface area contributed by atoms with Crippen molar-refractivity contribution in [1.82, 2.24) is 10.6 Å². The van der Waals surface area contributed by atoms with E-state index in [1.165, 1.54) is 7.05 Å². The molecule has 0 aliphatic rings. The Morgan fingerprint density at radius 1 is 1.47 bits per heavy atom. The molecule has 0 saturated heterocycles. The van der Waals surface area contributed by atoms with E-state index >= 15 is 0 Å². The highest BCUT2D eigenvalue weighted by Gasteiger charge is 2.21. The molecule has 0 aromatic heterocycles. The summed E-state index contributed by atoms with van der Waals surface area (Å²) in [6.07, 6.45) is 1.45. The lowest BCUT2D eigenvalue weighted by Gasteiger charge is -2.14. The van der Waals surface area contributed by atoms with Crippen molar-refractivity contribution in [3.8, 4) is 0 Å². The maximum Gasteiger partial charge on any atom is 0.230 e. The summed E-state index contributed by atoms with van der Waals surface area (Å²) in [5.74, 6) is -1.23. The van der Waals surface area contributed by atoms with Gasteiger partial charge in [-0.15, -0.1) is 0 Å². The average molecular weight is 244 g/mol. The van der Waals surface area contributed by atoms with E-state index in [1.807, 2.05) is 6.92 Å². The molecule has 0 rings (SSSR count). The number of nitrogens with zero attached hydrogens (tertiary/aromatic N) is 1. The molecule has 7 nitrogen and oxygen atoms in total. The van der Waals surface area contributed by atoms with Crippen molar-refractivity contribution >= 4 is 17.6 Å². The molecule has 1 atom stereocenters. The Hall–Kier alpha value is -1.79. The summed E-state index contributed by atoms with van der Waals surface area (Å²) in [5.41, 5.74) is 5.42. The summed E-state index contributed by atoms with van der Waals surface area (Å²) < 4.78 is 0. The van der Waals surface area contributed by atoms with Gasteiger partial charge in [-0.1, -0.05) is 18.5 Å². The van der Waals surface area contributed by atoms with Crippen LogP contribution in [0.5, 0.6) is 0 Å². The van der Waals surface area contributed by atoms with Crippen LogP contribution in [0.1, 0.15) is 26.2 Å². The van der Waals surface area contributed by atoms with Crippen molar-refractivity contribution < 1.29 is 14.8 Å². The predicted molar refractivity (Wildman–Crippen MR) is 63.5 cm³/mol. The van der Waals surface area contributed by atoms with Gasteiger partial charge in [0.05, 0.1) is 5.92 Å². The molecule has 98 valence electrons. The molecule has 0 aromatic rings. The van der Waals surface area contributed by atoms with Gasteiger partial charge < -0.3 is 21.6 Å². The molecule has 0 saturated carbocycles. The Balaban J connectivity index is 4.20. The lowest BCUT2D eigenvalue weighted by molar-refractivity contribution is -0.123. The Labute approximate surface area is 100 Å². The smallest absolute Gasteiger partial charge is 0.230 e. The quantitative estimate of drug-likeness (QED) is 0.207. The van der Waals surface area contributed by atoms with Crippen molar-refractivity contribution in [1.29, 1.82) is 0 Å². The Morgan fingerprint density at radius 2 is 2.12 bits per heavy atom. The van der Waals surface area contributed by atoms with Gasteiger partial charge in [0, 0.05) is 20.0 Å². The number of hydrogen-bond acceptors (Lipinski definition) is 4. The highest BCUT2D eigenvalue weighted by Crippen LogP contribution is 2.06. The summed E-state index contributed by atoms with van der Waals surface area (Å²) >= 11 is 0. The lowest BCUT2D eigenvalue weighted by atomic mass is 10.0. The first-order chi connectivity index (χ1) is 8.06. The van der Waals surface area contributed by atoms with Crippen molar-refractivity contribution in [2.24, 2.45) is 16.8 Å². The maximum absolute atomic E-state index is 11.7. The molecule has 0 aliphatic heterocycles. The van der Waals surface area contributed by atoms with Gasteiger partial charge in [-0.25, -0.2) is 0 Å². The van der Waals surface area contributed by atoms with Crippen LogP contribution in [0.3, 0.4) is 0 Å². The van der Waals surface area contributed by atoms with Gasteiger partial charge in [0.2, 0.25) is 11.8 Å². The molecule has 0 fully saturated rings. The zero-order valence-corrected chi connectivity index (χ0v) is 10.2. The molecular weight excluding hydrogens is 224 g/mol. The van der Waals surface area contributed by atoms with E-state index < -0.39 is 5.92 Å². The zero-order chi connectivity index (χ0) is 13.3. The molecule has 0 radical (unpaired) electrons. The van der Waals surface area contributed by atoms with Crippen LogP contribution in [0, 0.1) is 5.92 Å². The van der Waals surface area contributed by atoms with Crippen LogP contribution >= 0.6 is 0 Å². The average Bonchev–Trinajstić information content (AvgIpc) is 2.34. The van der Waals surface area contributed by atoms with E-state index in [-0.39, 0.29) is 30.6 Å². The summed E-state index contributed by atoms with van der Waals surface area (Å²) in [6, 6.07) is 0. The van der Waals surface area contributed by atoms with E-state index in [1.54, 1.807) is 0 Å². The molecule has 1 unspecified atom stereocenters. The molecule has 0 aromatic carbocycles. The summed E-state index contributed by atoms with van der Waals surface area (Å²) in [7, 11) is 1.53. The van der Waals surface area contributed by atoms with Gasteiger partial charge in [0.15, 0.2) is 5.84 Å². The Bertz CT molecular complexity index is 291. The van der Waals surface area contributed by atoms with Crippen molar-refractivity contribution in [2.75, 3.05) is 13.6 Å². The fourth-order valence-corrected chi connectivity index (χ4v) is 1.32. The second-order valence-corrected chi connectivity index (χ2v) is 3.58. The number of carbonyl (C=O) groups excluding carboxylic acids is 2. The standard InChI is InChI=1S/C10H20N4O3/c1-3-4-7(9(11)14-17)10(16)13-6-5-8(15)12-2/h7,17H,3-6H2,1-2H3,(H2,11,14)(H,12,15)(H,13,16). The third-order valence-electron chi connectivity index (χ3n) is 2.30. The van der Waals surface area contributed by atoms with E-state index in [9.17, 15) is 9.59 Å². The van der Waals surface area contributed by atoms with Crippen LogP contribution in [-0.4, -0.2) is 36.4 Å². The fourth-order valence-electron chi connectivity index (χ4n) is 1.32. The van der Waals surface area contributed by atoms with Crippen LogP contribution in [-0.2, 0) is 9.59 Å². The van der Waals surface area contributed by atoms with Gasteiger partial charge in [-0.3, -0.25) is 9.59 Å². The zero-order valence-electron chi connectivity index (χ0n) is 10.2. The molecule has 0 aliphatic carbocycles. The molecule has 0 heterocycles. The van der Waals surface area contributed by atoms with Gasteiger partial charge in [-0.2, -0.15) is 0 Å².